The molecule has 4 heterocycles. The van der Waals surface area contributed by atoms with Gasteiger partial charge in [0.1, 0.15) is 5.65 Å². The number of amides is 1. The molecule has 4 rings (SSSR count). The van der Waals surface area contributed by atoms with Gasteiger partial charge in [-0.25, -0.2) is 24.1 Å². The van der Waals surface area contributed by atoms with E-state index in [0.29, 0.717) is 28.6 Å². The molecule has 0 bridgehead atoms. The van der Waals surface area contributed by atoms with Gasteiger partial charge in [-0.05, 0) is 25.3 Å². The molecule has 0 aliphatic carbocycles. The van der Waals surface area contributed by atoms with E-state index in [1.165, 1.54) is 11.1 Å². The van der Waals surface area contributed by atoms with Crippen molar-refractivity contribution < 1.29 is 14.3 Å². The zero-order chi connectivity index (χ0) is 19.7. The Morgan fingerprint density at radius 1 is 1.39 bits per heavy atom. The van der Waals surface area contributed by atoms with Gasteiger partial charge in [0, 0.05) is 36.4 Å². The molecule has 3 aromatic rings. The number of aromatic nitrogens is 4. The molecular weight excluding hydrogens is 387 g/mol. The number of fused-ring (bicyclic) bond motifs is 1. The summed E-state index contributed by atoms with van der Waals surface area (Å²) in [5.74, 6) is -0.249. The molecule has 1 aliphatic rings. The number of halogens is 2. The molecule has 1 saturated heterocycles. The normalized spacial score (nSPS) is 17.1. The molecule has 3 N–H and O–H groups in total. The number of carbonyl (C=O) groups is 1. The topological polar surface area (TPSA) is 107 Å². The summed E-state index contributed by atoms with van der Waals surface area (Å²) in [6, 6.07) is 1.52. The Kier molecular flexibility index (Phi) is 4.99. The molecular formula is C18H18ClFN6O2. The molecule has 146 valence electrons. The second-order valence-electron chi connectivity index (χ2n) is 6.65. The van der Waals surface area contributed by atoms with Gasteiger partial charge in [-0.1, -0.05) is 11.6 Å². The van der Waals surface area contributed by atoms with E-state index in [2.05, 4.69) is 25.3 Å². The summed E-state index contributed by atoms with van der Waals surface area (Å²) < 4.78 is 14.2. The fourth-order valence-corrected chi connectivity index (χ4v) is 3.62. The zero-order valence-electron chi connectivity index (χ0n) is 14.8. The van der Waals surface area contributed by atoms with Crippen LogP contribution >= 0.6 is 11.6 Å². The van der Waals surface area contributed by atoms with Gasteiger partial charge in [0.15, 0.2) is 17.5 Å². The summed E-state index contributed by atoms with van der Waals surface area (Å²) in [6.45, 7) is 0.767. The standard InChI is InChI=1S/C18H18ClFN6O2/c19-10-5-12-13(8-23-15(12)21-6-10)16-24-9-14(20)17(25-16)22-7-11-3-1-2-4-26(11)18(27)28/h5-6,8-9,11H,1-4,7H2,(H,21,23)(H,27,28)(H,22,24,25). The van der Waals surface area contributed by atoms with E-state index < -0.39 is 11.9 Å². The maximum absolute atomic E-state index is 14.2. The first kappa shape index (κ1) is 18.4. The number of piperidine rings is 1. The van der Waals surface area contributed by atoms with E-state index in [9.17, 15) is 14.3 Å². The molecule has 0 aromatic carbocycles. The van der Waals surface area contributed by atoms with Crippen molar-refractivity contribution in [3.05, 3.63) is 35.5 Å². The summed E-state index contributed by atoms with van der Waals surface area (Å²) in [4.78, 5) is 28.4. The molecule has 1 aliphatic heterocycles. The van der Waals surface area contributed by atoms with Crippen LogP contribution in [0.25, 0.3) is 22.4 Å². The highest BCUT2D eigenvalue weighted by molar-refractivity contribution is 6.31. The monoisotopic (exact) mass is 404 g/mol. The molecule has 3 aromatic heterocycles. The van der Waals surface area contributed by atoms with Crippen LogP contribution in [0.4, 0.5) is 15.0 Å². The Labute approximate surface area is 164 Å². The number of pyridine rings is 1. The Morgan fingerprint density at radius 2 is 2.25 bits per heavy atom. The average molecular weight is 405 g/mol. The second-order valence-corrected chi connectivity index (χ2v) is 7.09. The van der Waals surface area contributed by atoms with Crippen molar-refractivity contribution in [3.8, 4) is 11.4 Å². The van der Waals surface area contributed by atoms with Crippen LogP contribution in [-0.2, 0) is 0 Å². The van der Waals surface area contributed by atoms with Gasteiger partial charge in [0.25, 0.3) is 0 Å². The summed E-state index contributed by atoms with van der Waals surface area (Å²) in [6.07, 6.45) is 5.86. The molecule has 1 fully saturated rings. The first-order chi connectivity index (χ1) is 13.5. The third kappa shape index (κ3) is 3.57. The van der Waals surface area contributed by atoms with E-state index in [4.69, 9.17) is 11.6 Å². The number of likely N-dealkylation sites (tertiary alicyclic amines) is 1. The smallest absolute Gasteiger partial charge is 0.407 e. The van der Waals surface area contributed by atoms with E-state index in [1.807, 2.05) is 0 Å². The third-order valence-corrected chi connectivity index (χ3v) is 5.07. The Balaban J connectivity index is 1.58. The quantitative estimate of drug-likeness (QED) is 0.611. The van der Waals surface area contributed by atoms with E-state index in [0.717, 1.165) is 30.8 Å². The minimum Gasteiger partial charge on any atom is -0.465 e. The molecule has 0 saturated carbocycles. The maximum atomic E-state index is 14.2. The van der Waals surface area contributed by atoms with Gasteiger partial charge in [-0.15, -0.1) is 0 Å². The molecule has 1 unspecified atom stereocenters. The number of anilines is 1. The minimum absolute atomic E-state index is 0.0326. The van der Waals surface area contributed by atoms with Crippen molar-refractivity contribution in [2.45, 2.75) is 25.3 Å². The van der Waals surface area contributed by atoms with E-state index in [1.54, 1.807) is 12.3 Å². The largest absolute Gasteiger partial charge is 0.465 e. The summed E-state index contributed by atoms with van der Waals surface area (Å²) >= 11 is 6.02. The highest BCUT2D eigenvalue weighted by Gasteiger charge is 2.26. The van der Waals surface area contributed by atoms with Gasteiger partial charge in [0.2, 0.25) is 0 Å². The molecule has 0 radical (unpaired) electrons. The Bertz CT molecular complexity index is 1030. The summed E-state index contributed by atoms with van der Waals surface area (Å²) in [5, 5.41) is 13.5. The SMILES string of the molecule is O=C(O)N1CCCCC1CNc1nc(-c2c[nH]c3ncc(Cl)cc23)ncc1F. The van der Waals surface area contributed by atoms with Crippen LogP contribution in [0, 0.1) is 5.82 Å². The highest BCUT2D eigenvalue weighted by Crippen LogP contribution is 2.28. The number of hydrogen-bond acceptors (Lipinski definition) is 5. The Morgan fingerprint density at radius 3 is 3.07 bits per heavy atom. The molecule has 1 atom stereocenters. The van der Waals surface area contributed by atoms with Crippen LogP contribution in [0.1, 0.15) is 19.3 Å². The molecule has 1 amide bonds. The molecule has 0 spiro atoms. The van der Waals surface area contributed by atoms with Crippen molar-refractivity contribution in [1.82, 2.24) is 24.8 Å². The molecule has 8 nitrogen and oxygen atoms in total. The van der Waals surface area contributed by atoms with Gasteiger partial charge >= 0.3 is 6.09 Å². The van der Waals surface area contributed by atoms with Crippen molar-refractivity contribution in [2.75, 3.05) is 18.4 Å². The minimum atomic E-state index is -0.960. The van der Waals surface area contributed by atoms with Crippen LogP contribution in [0.5, 0.6) is 0 Å². The lowest BCUT2D eigenvalue weighted by molar-refractivity contribution is 0.110. The number of rotatable bonds is 4. The van der Waals surface area contributed by atoms with Crippen molar-refractivity contribution in [3.63, 3.8) is 0 Å². The Hall–Kier alpha value is -2.94. The number of nitrogens with one attached hydrogen (secondary N) is 2. The van der Waals surface area contributed by atoms with Gasteiger partial charge < -0.3 is 20.3 Å². The predicted molar refractivity (Wildman–Crippen MR) is 103 cm³/mol. The summed E-state index contributed by atoms with van der Waals surface area (Å²) in [5.41, 5.74) is 1.28. The van der Waals surface area contributed by atoms with E-state index in [-0.39, 0.29) is 18.4 Å². The fourth-order valence-electron chi connectivity index (χ4n) is 3.46. The lowest BCUT2D eigenvalue weighted by atomic mass is 10.0. The number of aromatic amines is 1. The number of hydrogen-bond donors (Lipinski definition) is 3. The predicted octanol–water partition coefficient (Wildman–Crippen LogP) is 3.76. The lowest BCUT2D eigenvalue weighted by Gasteiger charge is -2.33. The highest BCUT2D eigenvalue weighted by atomic mass is 35.5. The average Bonchev–Trinajstić information content (AvgIpc) is 3.10. The number of H-pyrrole nitrogens is 1. The van der Waals surface area contributed by atoms with Gasteiger partial charge in [0.05, 0.1) is 17.3 Å². The van der Waals surface area contributed by atoms with Crippen LogP contribution in [0.15, 0.2) is 24.7 Å². The first-order valence-corrected chi connectivity index (χ1v) is 9.29. The zero-order valence-corrected chi connectivity index (χ0v) is 15.6. The van der Waals surface area contributed by atoms with Gasteiger partial charge in [-0.2, -0.15) is 0 Å². The molecule has 28 heavy (non-hydrogen) atoms. The van der Waals surface area contributed by atoms with E-state index >= 15 is 0 Å². The molecule has 10 heteroatoms. The van der Waals surface area contributed by atoms with Crippen LogP contribution in [-0.4, -0.2) is 55.2 Å². The maximum Gasteiger partial charge on any atom is 0.407 e. The second kappa shape index (κ2) is 7.59. The van der Waals surface area contributed by atoms with Crippen LogP contribution in [0.3, 0.4) is 0 Å². The first-order valence-electron chi connectivity index (χ1n) is 8.92. The van der Waals surface area contributed by atoms with Crippen LogP contribution < -0.4 is 5.32 Å². The van der Waals surface area contributed by atoms with Crippen LogP contribution in [0.2, 0.25) is 5.02 Å². The summed E-state index contributed by atoms with van der Waals surface area (Å²) in [7, 11) is 0. The fraction of sp³-hybridized carbons (Fsp3) is 0.333. The lowest BCUT2D eigenvalue weighted by Crippen LogP contribution is -2.46. The van der Waals surface area contributed by atoms with Gasteiger partial charge in [-0.3, -0.25) is 0 Å². The number of nitrogens with zero attached hydrogens (tertiary/aromatic N) is 4. The number of carboxylic acid groups (broad SMARTS) is 1. The third-order valence-electron chi connectivity index (χ3n) is 4.86. The van der Waals surface area contributed by atoms with Crippen molar-refractivity contribution >= 4 is 34.5 Å². The van der Waals surface area contributed by atoms with Crippen molar-refractivity contribution in [1.29, 1.82) is 0 Å². The van der Waals surface area contributed by atoms with Crippen molar-refractivity contribution in [2.24, 2.45) is 0 Å².